The van der Waals surface area contributed by atoms with E-state index in [-0.39, 0.29) is 0 Å². The Labute approximate surface area is 104 Å². The molecule has 7 heteroatoms. The van der Waals surface area contributed by atoms with Crippen molar-refractivity contribution in [1.82, 2.24) is 19.7 Å². The first-order valence-corrected chi connectivity index (χ1v) is 6.04. The predicted octanol–water partition coefficient (Wildman–Crippen LogP) is 2.16. The van der Waals surface area contributed by atoms with Crippen LogP contribution < -0.4 is 0 Å². The van der Waals surface area contributed by atoms with Gasteiger partial charge in [-0.25, -0.2) is 0 Å². The van der Waals surface area contributed by atoms with Crippen molar-refractivity contribution in [2.45, 2.75) is 46.1 Å². The molecule has 102 valence electrons. The summed E-state index contributed by atoms with van der Waals surface area (Å²) in [4.78, 5) is 2.15. The fourth-order valence-corrected chi connectivity index (χ4v) is 2.16. The molecule has 0 saturated carbocycles. The third-order valence-corrected chi connectivity index (χ3v) is 3.58. The summed E-state index contributed by atoms with van der Waals surface area (Å²) in [5.74, 6) is -0.0167. The molecule has 2 rings (SSSR count). The standard InChI is InChI=1S/C11H17F3N4/c1-7(2)8(3)17-4-5-18-9(6-17)15-16-10(18)11(12,13)14/h7-8H,4-6H2,1-3H3. The monoisotopic (exact) mass is 262 g/mol. The van der Waals surface area contributed by atoms with Gasteiger partial charge >= 0.3 is 6.18 Å². The molecule has 1 aliphatic heterocycles. The summed E-state index contributed by atoms with van der Waals surface area (Å²) in [6.07, 6.45) is -4.42. The van der Waals surface area contributed by atoms with Gasteiger partial charge in [0, 0.05) is 19.1 Å². The van der Waals surface area contributed by atoms with E-state index in [0.717, 1.165) is 0 Å². The quantitative estimate of drug-likeness (QED) is 0.819. The summed E-state index contributed by atoms with van der Waals surface area (Å²) >= 11 is 0. The summed E-state index contributed by atoms with van der Waals surface area (Å²) in [6, 6.07) is 0.324. The van der Waals surface area contributed by atoms with Crippen molar-refractivity contribution in [3.8, 4) is 0 Å². The number of hydrogen-bond acceptors (Lipinski definition) is 3. The zero-order valence-corrected chi connectivity index (χ0v) is 10.7. The Hall–Kier alpha value is -1.11. The van der Waals surface area contributed by atoms with Gasteiger partial charge in [0.1, 0.15) is 5.82 Å². The smallest absolute Gasteiger partial charge is 0.305 e. The molecule has 0 aliphatic carbocycles. The normalized spacial score (nSPS) is 19.1. The molecule has 1 unspecified atom stereocenters. The van der Waals surface area contributed by atoms with Crippen LogP contribution in [0.1, 0.15) is 32.4 Å². The zero-order valence-electron chi connectivity index (χ0n) is 10.7. The summed E-state index contributed by atoms with van der Waals surface area (Å²) in [5, 5.41) is 6.94. The second kappa shape index (κ2) is 4.53. The minimum atomic E-state index is -4.42. The molecule has 0 saturated heterocycles. The van der Waals surface area contributed by atoms with Crippen LogP contribution in [0.2, 0.25) is 0 Å². The molecule has 0 fully saturated rings. The van der Waals surface area contributed by atoms with E-state index in [2.05, 4.69) is 35.9 Å². The molecule has 1 aromatic heterocycles. The Kier molecular flexibility index (Phi) is 3.35. The Morgan fingerprint density at radius 3 is 2.33 bits per heavy atom. The summed E-state index contributed by atoms with van der Waals surface area (Å²) in [6.45, 7) is 7.63. The second-order valence-corrected chi connectivity index (χ2v) is 5.04. The van der Waals surface area contributed by atoms with Gasteiger partial charge in [-0.05, 0) is 12.8 Å². The first-order valence-electron chi connectivity index (χ1n) is 6.04. The molecule has 0 N–H and O–H groups in total. The van der Waals surface area contributed by atoms with Gasteiger partial charge in [0.25, 0.3) is 0 Å². The van der Waals surface area contributed by atoms with Gasteiger partial charge in [-0.15, -0.1) is 10.2 Å². The highest BCUT2D eigenvalue weighted by molar-refractivity contribution is 5.02. The van der Waals surface area contributed by atoms with Gasteiger partial charge in [-0.1, -0.05) is 13.8 Å². The molecule has 2 heterocycles. The lowest BCUT2D eigenvalue weighted by Gasteiger charge is -2.34. The number of rotatable bonds is 2. The van der Waals surface area contributed by atoms with Gasteiger partial charge in [0.2, 0.25) is 5.82 Å². The lowest BCUT2D eigenvalue weighted by Crippen LogP contribution is -2.42. The van der Waals surface area contributed by atoms with Crippen molar-refractivity contribution in [2.75, 3.05) is 6.54 Å². The van der Waals surface area contributed by atoms with E-state index in [1.165, 1.54) is 4.57 Å². The van der Waals surface area contributed by atoms with Crippen molar-refractivity contribution in [3.05, 3.63) is 11.6 Å². The maximum atomic E-state index is 12.7. The Morgan fingerprint density at radius 2 is 1.78 bits per heavy atom. The van der Waals surface area contributed by atoms with Gasteiger partial charge in [0.05, 0.1) is 6.54 Å². The maximum Gasteiger partial charge on any atom is 0.451 e. The lowest BCUT2D eigenvalue weighted by molar-refractivity contribution is -0.148. The molecule has 0 spiro atoms. The molecular weight excluding hydrogens is 245 g/mol. The van der Waals surface area contributed by atoms with Crippen LogP contribution in [0, 0.1) is 5.92 Å². The Balaban J connectivity index is 2.20. The van der Waals surface area contributed by atoms with E-state index in [0.29, 0.717) is 37.4 Å². The highest BCUT2D eigenvalue weighted by Gasteiger charge is 2.39. The van der Waals surface area contributed by atoms with Crippen LogP contribution in [0.4, 0.5) is 13.2 Å². The average Bonchev–Trinajstić information content (AvgIpc) is 2.69. The van der Waals surface area contributed by atoms with E-state index in [9.17, 15) is 13.2 Å². The number of fused-ring (bicyclic) bond motifs is 1. The molecule has 1 atom stereocenters. The first-order chi connectivity index (χ1) is 8.30. The topological polar surface area (TPSA) is 34.0 Å². The van der Waals surface area contributed by atoms with E-state index >= 15 is 0 Å². The number of alkyl halides is 3. The van der Waals surface area contributed by atoms with E-state index in [1.54, 1.807) is 0 Å². The van der Waals surface area contributed by atoms with E-state index in [4.69, 9.17) is 0 Å². The fraction of sp³-hybridized carbons (Fsp3) is 0.818. The average molecular weight is 262 g/mol. The number of hydrogen-bond donors (Lipinski definition) is 0. The number of aromatic nitrogens is 3. The van der Waals surface area contributed by atoms with Gasteiger partial charge < -0.3 is 4.57 Å². The second-order valence-electron chi connectivity index (χ2n) is 5.04. The van der Waals surface area contributed by atoms with Crippen molar-refractivity contribution < 1.29 is 13.2 Å². The Bertz CT molecular complexity index is 424. The minimum absolute atomic E-state index is 0.300. The van der Waals surface area contributed by atoms with E-state index < -0.39 is 12.0 Å². The molecule has 18 heavy (non-hydrogen) atoms. The van der Waals surface area contributed by atoms with Crippen molar-refractivity contribution in [2.24, 2.45) is 5.92 Å². The van der Waals surface area contributed by atoms with Crippen LogP contribution in [0.25, 0.3) is 0 Å². The lowest BCUT2D eigenvalue weighted by atomic mass is 10.0. The molecule has 4 nitrogen and oxygen atoms in total. The van der Waals surface area contributed by atoms with Crippen LogP contribution in [-0.2, 0) is 19.3 Å². The van der Waals surface area contributed by atoms with Gasteiger partial charge in [0.15, 0.2) is 0 Å². The highest BCUT2D eigenvalue weighted by atomic mass is 19.4. The molecule has 1 aliphatic rings. The number of nitrogens with zero attached hydrogens (tertiary/aromatic N) is 4. The molecule has 0 amide bonds. The molecule has 0 radical (unpaired) electrons. The highest BCUT2D eigenvalue weighted by Crippen LogP contribution is 2.30. The van der Waals surface area contributed by atoms with Crippen LogP contribution in [-0.4, -0.2) is 32.3 Å². The molecule has 0 aromatic carbocycles. The van der Waals surface area contributed by atoms with Crippen LogP contribution in [0.5, 0.6) is 0 Å². The maximum absolute atomic E-state index is 12.7. The predicted molar refractivity (Wildman–Crippen MR) is 59.7 cm³/mol. The van der Waals surface area contributed by atoms with Gasteiger partial charge in [-0.3, -0.25) is 4.90 Å². The number of halogens is 3. The summed E-state index contributed by atoms with van der Waals surface area (Å²) in [5.41, 5.74) is 0. The Morgan fingerprint density at radius 1 is 1.11 bits per heavy atom. The van der Waals surface area contributed by atoms with Crippen molar-refractivity contribution >= 4 is 0 Å². The van der Waals surface area contributed by atoms with Gasteiger partial charge in [-0.2, -0.15) is 13.2 Å². The van der Waals surface area contributed by atoms with Crippen molar-refractivity contribution in [3.63, 3.8) is 0 Å². The summed E-state index contributed by atoms with van der Waals surface area (Å²) < 4.78 is 39.2. The van der Waals surface area contributed by atoms with Crippen molar-refractivity contribution in [1.29, 1.82) is 0 Å². The van der Waals surface area contributed by atoms with Crippen LogP contribution in [0.15, 0.2) is 0 Å². The third-order valence-electron chi connectivity index (χ3n) is 3.58. The zero-order chi connectivity index (χ0) is 13.5. The first kappa shape index (κ1) is 13.3. The summed E-state index contributed by atoms with van der Waals surface area (Å²) in [7, 11) is 0. The molecular formula is C11H17F3N4. The third kappa shape index (κ3) is 2.36. The molecule has 0 bridgehead atoms. The van der Waals surface area contributed by atoms with Crippen LogP contribution >= 0.6 is 0 Å². The fourth-order valence-electron chi connectivity index (χ4n) is 2.16. The van der Waals surface area contributed by atoms with Crippen LogP contribution in [0.3, 0.4) is 0 Å². The SMILES string of the molecule is CC(C)C(C)N1CCn2c(nnc2C(F)(F)F)C1. The minimum Gasteiger partial charge on any atom is -0.305 e. The molecule has 1 aromatic rings. The van der Waals surface area contributed by atoms with E-state index in [1.807, 2.05) is 0 Å². The largest absolute Gasteiger partial charge is 0.451 e.